The molecule has 1 atom stereocenters. The number of nitrogens with one attached hydrogen (secondary N) is 2. The summed E-state index contributed by atoms with van der Waals surface area (Å²) in [5.74, 6) is -0.379. The Kier molecular flexibility index (Phi) is 2.41. The van der Waals surface area contributed by atoms with E-state index in [2.05, 4.69) is 17.2 Å². The molecule has 0 spiro atoms. The molecule has 0 saturated carbocycles. The van der Waals surface area contributed by atoms with E-state index in [9.17, 15) is 4.79 Å². The summed E-state index contributed by atoms with van der Waals surface area (Å²) >= 11 is 0. The maximum Gasteiger partial charge on any atom is 0.249 e. The first kappa shape index (κ1) is 11.3. The van der Waals surface area contributed by atoms with Crippen LogP contribution in [0.15, 0.2) is 24.3 Å². The lowest BCUT2D eigenvalue weighted by Gasteiger charge is -2.22. The van der Waals surface area contributed by atoms with Crippen LogP contribution in [-0.4, -0.2) is 17.4 Å². The molecule has 94 valence electrons. The topological polar surface area (TPSA) is 70.9 Å². The molecular formula is C14H17N3O. The van der Waals surface area contributed by atoms with E-state index in [0.717, 1.165) is 29.6 Å². The van der Waals surface area contributed by atoms with Crippen molar-refractivity contribution < 1.29 is 4.79 Å². The summed E-state index contributed by atoms with van der Waals surface area (Å²) in [5.41, 5.74) is 8.06. The molecule has 1 aromatic heterocycles. The summed E-state index contributed by atoms with van der Waals surface area (Å²) in [6.45, 7) is 3.23. The maximum atomic E-state index is 11.4. The van der Waals surface area contributed by atoms with Crippen molar-refractivity contribution in [3.05, 3.63) is 35.5 Å². The minimum atomic E-state index is -0.379. The van der Waals surface area contributed by atoms with Crippen LogP contribution in [0.3, 0.4) is 0 Å². The average Bonchev–Trinajstić information content (AvgIpc) is 2.94. The van der Waals surface area contributed by atoms with Gasteiger partial charge in [-0.1, -0.05) is 6.07 Å². The van der Waals surface area contributed by atoms with Gasteiger partial charge in [-0.25, -0.2) is 0 Å². The molecule has 0 aliphatic carbocycles. The molecule has 4 heteroatoms. The molecule has 2 aromatic rings. The number of aromatic amines is 1. The predicted molar refractivity (Wildman–Crippen MR) is 71.4 cm³/mol. The number of aromatic nitrogens is 1. The highest BCUT2D eigenvalue weighted by Gasteiger charge is 2.31. The third kappa shape index (κ3) is 1.61. The summed E-state index contributed by atoms with van der Waals surface area (Å²) in [6, 6.07) is 7.65. The van der Waals surface area contributed by atoms with Gasteiger partial charge in [0.15, 0.2) is 0 Å². The van der Waals surface area contributed by atoms with Crippen molar-refractivity contribution in [1.29, 1.82) is 0 Å². The van der Waals surface area contributed by atoms with Crippen molar-refractivity contribution in [2.75, 3.05) is 6.54 Å². The number of amides is 1. The third-order valence-electron chi connectivity index (χ3n) is 3.89. The first-order valence-corrected chi connectivity index (χ1v) is 6.27. The van der Waals surface area contributed by atoms with Gasteiger partial charge in [0.05, 0.1) is 5.54 Å². The van der Waals surface area contributed by atoms with Crippen LogP contribution in [0.25, 0.3) is 10.9 Å². The van der Waals surface area contributed by atoms with Gasteiger partial charge in [-0.15, -0.1) is 0 Å². The maximum absolute atomic E-state index is 11.4. The minimum Gasteiger partial charge on any atom is -0.366 e. The Hall–Kier alpha value is -1.81. The SMILES string of the molecule is C[C@]1(c2cc3c(C(N)=O)cccc3[nH]2)CCCN1. The van der Waals surface area contributed by atoms with Crippen molar-refractivity contribution >= 4 is 16.8 Å². The number of benzene rings is 1. The second kappa shape index (κ2) is 3.85. The van der Waals surface area contributed by atoms with Crippen LogP contribution in [0, 0.1) is 0 Å². The Morgan fingerprint density at radius 2 is 2.28 bits per heavy atom. The molecule has 0 unspecified atom stereocenters. The standard InChI is InChI=1S/C14H17N3O/c1-14(6-3-7-16-14)12-8-10-9(13(15)18)4-2-5-11(10)17-12/h2,4-5,8,16-17H,3,6-7H2,1H3,(H2,15,18)/t14-/m1/s1. The highest BCUT2D eigenvalue weighted by molar-refractivity contribution is 6.05. The van der Waals surface area contributed by atoms with E-state index < -0.39 is 0 Å². The zero-order chi connectivity index (χ0) is 12.8. The van der Waals surface area contributed by atoms with Gasteiger partial charge < -0.3 is 16.0 Å². The van der Waals surface area contributed by atoms with Gasteiger partial charge in [-0.2, -0.15) is 0 Å². The van der Waals surface area contributed by atoms with E-state index in [1.807, 2.05) is 18.2 Å². The van der Waals surface area contributed by atoms with E-state index >= 15 is 0 Å². The average molecular weight is 243 g/mol. The van der Waals surface area contributed by atoms with Crippen molar-refractivity contribution in [3.8, 4) is 0 Å². The number of H-pyrrole nitrogens is 1. The number of fused-ring (bicyclic) bond motifs is 1. The van der Waals surface area contributed by atoms with Gasteiger partial charge >= 0.3 is 0 Å². The van der Waals surface area contributed by atoms with Crippen LogP contribution in [0.4, 0.5) is 0 Å². The number of carbonyl (C=O) groups is 1. The van der Waals surface area contributed by atoms with Crippen molar-refractivity contribution in [2.24, 2.45) is 5.73 Å². The Morgan fingerprint density at radius 3 is 2.94 bits per heavy atom. The Bertz CT molecular complexity index is 609. The summed E-state index contributed by atoms with van der Waals surface area (Å²) in [4.78, 5) is 14.8. The third-order valence-corrected chi connectivity index (χ3v) is 3.89. The highest BCUT2D eigenvalue weighted by atomic mass is 16.1. The van der Waals surface area contributed by atoms with Gasteiger partial charge in [-0.05, 0) is 44.5 Å². The number of primary amides is 1. The molecule has 1 fully saturated rings. The van der Waals surface area contributed by atoms with Crippen LogP contribution in [0.1, 0.15) is 35.8 Å². The minimum absolute atomic E-state index is 0.0199. The Labute approximate surface area is 106 Å². The van der Waals surface area contributed by atoms with E-state index in [1.54, 1.807) is 6.07 Å². The van der Waals surface area contributed by atoms with Crippen molar-refractivity contribution in [2.45, 2.75) is 25.3 Å². The van der Waals surface area contributed by atoms with Crippen LogP contribution < -0.4 is 11.1 Å². The zero-order valence-corrected chi connectivity index (χ0v) is 10.4. The molecule has 1 aliphatic heterocycles. The molecule has 2 heterocycles. The molecule has 4 nitrogen and oxygen atoms in total. The quantitative estimate of drug-likeness (QED) is 0.753. The first-order valence-electron chi connectivity index (χ1n) is 6.27. The van der Waals surface area contributed by atoms with Crippen LogP contribution in [0.2, 0.25) is 0 Å². The lowest BCUT2D eigenvalue weighted by Crippen LogP contribution is -2.33. The fourth-order valence-corrected chi connectivity index (χ4v) is 2.79. The van der Waals surface area contributed by atoms with Gasteiger partial charge in [0.1, 0.15) is 0 Å². The second-order valence-electron chi connectivity index (χ2n) is 5.18. The lowest BCUT2D eigenvalue weighted by molar-refractivity contribution is 0.100. The molecule has 1 saturated heterocycles. The van der Waals surface area contributed by atoms with Crippen LogP contribution in [0.5, 0.6) is 0 Å². The number of nitrogens with two attached hydrogens (primary N) is 1. The van der Waals surface area contributed by atoms with Gasteiger partial charge in [-0.3, -0.25) is 4.79 Å². The molecule has 0 bridgehead atoms. The van der Waals surface area contributed by atoms with E-state index in [1.165, 1.54) is 6.42 Å². The van der Waals surface area contributed by atoms with Gasteiger partial charge in [0.25, 0.3) is 0 Å². The normalized spacial score (nSPS) is 23.6. The molecule has 1 aromatic carbocycles. The largest absolute Gasteiger partial charge is 0.366 e. The summed E-state index contributed by atoms with van der Waals surface area (Å²) in [6.07, 6.45) is 2.28. The molecule has 3 rings (SSSR count). The summed E-state index contributed by atoms with van der Waals surface area (Å²) in [7, 11) is 0. The van der Waals surface area contributed by atoms with Gasteiger partial charge in [0, 0.05) is 22.2 Å². The van der Waals surface area contributed by atoms with Crippen LogP contribution >= 0.6 is 0 Å². The van der Waals surface area contributed by atoms with E-state index in [-0.39, 0.29) is 11.4 Å². The highest BCUT2D eigenvalue weighted by Crippen LogP contribution is 2.32. The molecule has 4 N–H and O–H groups in total. The summed E-state index contributed by atoms with van der Waals surface area (Å²) in [5, 5.41) is 4.42. The monoisotopic (exact) mass is 243 g/mol. The number of carbonyl (C=O) groups excluding carboxylic acids is 1. The van der Waals surface area contributed by atoms with Crippen molar-refractivity contribution in [1.82, 2.24) is 10.3 Å². The zero-order valence-electron chi connectivity index (χ0n) is 10.4. The number of hydrogen-bond acceptors (Lipinski definition) is 2. The second-order valence-corrected chi connectivity index (χ2v) is 5.18. The predicted octanol–water partition coefficient (Wildman–Crippen LogP) is 1.87. The van der Waals surface area contributed by atoms with E-state index in [0.29, 0.717) is 5.56 Å². The number of hydrogen-bond donors (Lipinski definition) is 3. The molecular weight excluding hydrogens is 226 g/mol. The lowest BCUT2D eigenvalue weighted by atomic mass is 9.96. The first-order chi connectivity index (χ1) is 8.60. The molecule has 1 aliphatic rings. The van der Waals surface area contributed by atoms with Crippen LogP contribution in [-0.2, 0) is 5.54 Å². The fraction of sp³-hybridized carbons (Fsp3) is 0.357. The van der Waals surface area contributed by atoms with E-state index in [4.69, 9.17) is 5.73 Å². The van der Waals surface area contributed by atoms with Gasteiger partial charge in [0.2, 0.25) is 5.91 Å². The Morgan fingerprint density at radius 1 is 1.44 bits per heavy atom. The summed E-state index contributed by atoms with van der Waals surface area (Å²) < 4.78 is 0. The molecule has 0 radical (unpaired) electrons. The molecule has 1 amide bonds. The van der Waals surface area contributed by atoms with Crippen molar-refractivity contribution in [3.63, 3.8) is 0 Å². The molecule has 18 heavy (non-hydrogen) atoms. The number of rotatable bonds is 2. The smallest absolute Gasteiger partial charge is 0.249 e. The fourth-order valence-electron chi connectivity index (χ4n) is 2.79. The Balaban J connectivity index is 2.16.